The first kappa shape index (κ1) is 12.0. The lowest BCUT2D eigenvalue weighted by Gasteiger charge is -2.12. The number of aliphatic carboxylic acids is 1. The summed E-state index contributed by atoms with van der Waals surface area (Å²) in [6.45, 7) is 1.76. The van der Waals surface area contributed by atoms with Gasteiger partial charge >= 0.3 is 12.1 Å². The molecule has 1 unspecified atom stereocenters. The van der Waals surface area contributed by atoms with Crippen LogP contribution in [0.25, 0.3) is 0 Å². The minimum atomic E-state index is -4.35. The van der Waals surface area contributed by atoms with E-state index in [1.807, 2.05) is 0 Å². The highest BCUT2D eigenvalue weighted by Crippen LogP contribution is 2.54. The van der Waals surface area contributed by atoms with Crippen molar-refractivity contribution in [3.63, 3.8) is 0 Å². The SMILES string of the molecule is C[C@]1(c2ccc(C(F)(F)F)cc2)CC1C(=O)O. The number of alkyl halides is 3. The van der Waals surface area contributed by atoms with Gasteiger partial charge in [0.2, 0.25) is 0 Å². The number of rotatable bonds is 2. The zero-order valence-corrected chi connectivity index (χ0v) is 9.08. The first-order valence-corrected chi connectivity index (χ1v) is 5.16. The molecule has 0 aromatic heterocycles. The third-order valence-corrected chi connectivity index (χ3v) is 3.41. The van der Waals surface area contributed by atoms with Crippen LogP contribution in [0.15, 0.2) is 24.3 Å². The van der Waals surface area contributed by atoms with E-state index in [9.17, 15) is 18.0 Å². The number of halogens is 3. The molecule has 2 rings (SSSR count). The van der Waals surface area contributed by atoms with Gasteiger partial charge in [-0.2, -0.15) is 13.2 Å². The van der Waals surface area contributed by atoms with Crippen molar-refractivity contribution in [3.8, 4) is 0 Å². The number of carbonyl (C=O) groups is 1. The molecule has 0 saturated heterocycles. The molecule has 1 fully saturated rings. The fraction of sp³-hybridized carbons (Fsp3) is 0.417. The van der Waals surface area contributed by atoms with E-state index < -0.39 is 29.0 Å². The van der Waals surface area contributed by atoms with Crippen molar-refractivity contribution >= 4 is 5.97 Å². The Morgan fingerprint density at radius 1 is 1.35 bits per heavy atom. The van der Waals surface area contributed by atoms with E-state index in [1.165, 1.54) is 12.1 Å². The zero-order valence-electron chi connectivity index (χ0n) is 9.08. The summed E-state index contributed by atoms with van der Waals surface area (Å²) < 4.78 is 37.0. The van der Waals surface area contributed by atoms with Crippen LogP contribution in [-0.2, 0) is 16.4 Å². The molecule has 2 atom stereocenters. The second kappa shape index (κ2) is 3.48. The normalized spacial score (nSPS) is 27.9. The fourth-order valence-corrected chi connectivity index (χ4v) is 2.08. The van der Waals surface area contributed by atoms with Crippen LogP contribution in [0.1, 0.15) is 24.5 Å². The van der Waals surface area contributed by atoms with Gasteiger partial charge in [-0.05, 0) is 24.1 Å². The summed E-state index contributed by atoms with van der Waals surface area (Å²) in [5.41, 5.74) is -0.578. The van der Waals surface area contributed by atoms with Crippen molar-refractivity contribution in [3.05, 3.63) is 35.4 Å². The van der Waals surface area contributed by atoms with Gasteiger partial charge in [-0.25, -0.2) is 0 Å². The van der Waals surface area contributed by atoms with Crippen molar-refractivity contribution in [2.24, 2.45) is 5.92 Å². The number of carboxylic acid groups (broad SMARTS) is 1. The zero-order chi connectivity index (χ0) is 12.8. The molecular formula is C12H11F3O2. The average molecular weight is 244 g/mol. The van der Waals surface area contributed by atoms with E-state index in [-0.39, 0.29) is 0 Å². The van der Waals surface area contributed by atoms with Crippen LogP contribution in [0.3, 0.4) is 0 Å². The number of hydrogen-bond donors (Lipinski definition) is 1. The molecule has 1 N–H and O–H groups in total. The fourth-order valence-electron chi connectivity index (χ4n) is 2.08. The molecular weight excluding hydrogens is 233 g/mol. The Kier molecular flexibility index (Phi) is 2.45. The highest BCUT2D eigenvalue weighted by Gasteiger charge is 2.55. The lowest BCUT2D eigenvalue weighted by atomic mass is 9.94. The van der Waals surface area contributed by atoms with Crippen LogP contribution in [-0.4, -0.2) is 11.1 Å². The van der Waals surface area contributed by atoms with Crippen LogP contribution in [0, 0.1) is 5.92 Å². The van der Waals surface area contributed by atoms with Gasteiger partial charge < -0.3 is 5.11 Å². The smallest absolute Gasteiger partial charge is 0.416 e. The maximum Gasteiger partial charge on any atom is 0.416 e. The first-order valence-electron chi connectivity index (χ1n) is 5.16. The quantitative estimate of drug-likeness (QED) is 0.868. The summed E-state index contributed by atoms with van der Waals surface area (Å²) in [4.78, 5) is 10.8. The predicted molar refractivity (Wildman–Crippen MR) is 54.5 cm³/mol. The lowest BCUT2D eigenvalue weighted by molar-refractivity contribution is -0.139. The van der Waals surface area contributed by atoms with Gasteiger partial charge in [0, 0.05) is 5.41 Å². The molecule has 92 valence electrons. The molecule has 5 heteroatoms. The molecule has 1 aliphatic carbocycles. The van der Waals surface area contributed by atoms with Crippen molar-refractivity contribution < 1.29 is 23.1 Å². The van der Waals surface area contributed by atoms with E-state index in [4.69, 9.17) is 5.11 Å². The van der Waals surface area contributed by atoms with E-state index in [0.29, 0.717) is 12.0 Å². The highest BCUT2D eigenvalue weighted by atomic mass is 19.4. The van der Waals surface area contributed by atoms with Crippen molar-refractivity contribution in [2.45, 2.75) is 24.9 Å². The van der Waals surface area contributed by atoms with E-state index in [1.54, 1.807) is 6.92 Å². The standard InChI is InChI=1S/C12H11F3O2/c1-11(6-9(11)10(16)17)7-2-4-8(5-3-7)12(13,14)15/h2-5,9H,6H2,1H3,(H,16,17)/t9?,11-/m1/s1. The Bertz CT molecular complexity index is 450. The molecule has 0 bridgehead atoms. The van der Waals surface area contributed by atoms with Crippen LogP contribution in [0.2, 0.25) is 0 Å². The molecule has 0 amide bonds. The molecule has 0 spiro atoms. The Balaban J connectivity index is 2.23. The van der Waals surface area contributed by atoms with Gasteiger partial charge in [0.15, 0.2) is 0 Å². The third kappa shape index (κ3) is 2.01. The second-order valence-corrected chi connectivity index (χ2v) is 4.59. The minimum absolute atomic E-state index is 0.480. The number of hydrogen-bond acceptors (Lipinski definition) is 1. The lowest BCUT2D eigenvalue weighted by Crippen LogP contribution is -2.12. The largest absolute Gasteiger partial charge is 0.481 e. The highest BCUT2D eigenvalue weighted by molar-refractivity contribution is 5.77. The van der Waals surface area contributed by atoms with Crippen molar-refractivity contribution in [2.75, 3.05) is 0 Å². The molecule has 1 aliphatic rings. The summed E-state index contributed by atoms with van der Waals surface area (Å²) in [7, 11) is 0. The maximum atomic E-state index is 12.3. The molecule has 1 aromatic rings. The van der Waals surface area contributed by atoms with E-state index >= 15 is 0 Å². The second-order valence-electron chi connectivity index (χ2n) is 4.59. The predicted octanol–water partition coefficient (Wildman–Crippen LogP) is 3.07. The monoisotopic (exact) mass is 244 g/mol. The van der Waals surface area contributed by atoms with Crippen molar-refractivity contribution in [1.82, 2.24) is 0 Å². The van der Waals surface area contributed by atoms with Gasteiger partial charge in [0.25, 0.3) is 0 Å². The summed E-state index contributed by atoms with van der Waals surface area (Å²) in [5, 5.41) is 8.85. The number of benzene rings is 1. The summed E-state index contributed by atoms with van der Waals surface area (Å²) in [6, 6.07) is 4.73. The van der Waals surface area contributed by atoms with Gasteiger partial charge in [-0.1, -0.05) is 19.1 Å². The molecule has 0 radical (unpaired) electrons. The summed E-state index contributed by atoms with van der Waals surface area (Å²) in [5.74, 6) is -1.38. The Morgan fingerprint density at radius 3 is 2.24 bits per heavy atom. The number of carboxylic acids is 1. The molecule has 0 aliphatic heterocycles. The van der Waals surface area contributed by atoms with Gasteiger partial charge in [-0.15, -0.1) is 0 Å². The van der Waals surface area contributed by atoms with Crippen LogP contribution < -0.4 is 0 Å². The van der Waals surface area contributed by atoms with E-state index in [2.05, 4.69) is 0 Å². The molecule has 2 nitrogen and oxygen atoms in total. The Labute approximate surface area is 96.1 Å². The summed E-state index contributed by atoms with van der Waals surface area (Å²) >= 11 is 0. The first-order chi connectivity index (χ1) is 7.75. The Hall–Kier alpha value is -1.52. The van der Waals surface area contributed by atoms with Gasteiger partial charge in [0.05, 0.1) is 11.5 Å². The molecule has 1 saturated carbocycles. The molecule has 1 aromatic carbocycles. The van der Waals surface area contributed by atoms with Crippen LogP contribution in [0.5, 0.6) is 0 Å². The topological polar surface area (TPSA) is 37.3 Å². The molecule has 0 heterocycles. The van der Waals surface area contributed by atoms with Crippen molar-refractivity contribution in [1.29, 1.82) is 0 Å². The third-order valence-electron chi connectivity index (χ3n) is 3.41. The average Bonchev–Trinajstić information content (AvgIpc) is 2.92. The van der Waals surface area contributed by atoms with Crippen LogP contribution >= 0.6 is 0 Å². The molecule has 17 heavy (non-hydrogen) atoms. The maximum absolute atomic E-state index is 12.3. The minimum Gasteiger partial charge on any atom is -0.481 e. The van der Waals surface area contributed by atoms with Gasteiger partial charge in [0.1, 0.15) is 0 Å². The van der Waals surface area contributed by atoms with Gasteiger partial charge in [-0.3, -0.25) is 4.79 Å². The van der Waals surface area contributed by atoms with Crippen LogP contribution in [0.4, 0.5) is 13.2 Å². The Morgan fingerprint density at radius 2 is 1.88 bits per heavy atom. The summed E-state index contributed by atoms with van der Waals surface area (Å²) in [6.07, 6.45) is -3.87. The van der Waals surface area contributed by atoms with E-state index in [0.717, 1.165) is 12.1 Å².